The van der Waals surface area contributed by atoms with Crippen LogP contribution in [0.2, 0.25) is 0 Å². The second kappa shape index (κ2) is 7.72. The van der Waals surface area contributed by atoms with Crippen LogP contribution >= 0.6 is 0 Å². The fourth-order valence-electron chi connectivity index (χ4n) is 3.98. The molecule has 1 unspecified atom stereocenters. The number of aliphatic imine (C=N–C) groups is 1. The fourth-order valence-corrected chi connectivity index (χ4v) is 3.98. The van der Waals surface area contributed by atoms with Crippen LogP contribution in [0.15, 0.2) is 29.3 Å². The summed E-state index contributed by atoms with van der Waals surface area (Å²) >= 11 is 0. The van der Waals surface area contributed by atoms with Crippen molar-refractivity contribution in [1.82, 2.24) is 19.6 Å². The van der Waals surface area contributed by atoms with Crippen molar-refractivity contribution in [3.05, 3.63) is 52.6 Å². The first-order valence-corrected chi connectivity index (χ1v) is 10.3. The first-order chi connectivity index (χ1) is 14.7. The first-order valence-electron chi connectivity index (χ1n) is 10.3. The van der Waals surface area contributed by atoms with E-state index in [-0.39, 0.29) is 18.3 Å². The van der Waals surface area contributed by atoms with Crippen LogP contribution in [0.1, 0.15) is 35.9 Å². The number of benzene rings is 1. The fraction of sp³-hybridized carbons (Fsp3) is 0.409. The monoisotopic (exact) mass is 425 g/mol. The van der Waals surface area contributed by atoms with Gasteiger partial charge in [0.1, 0.15) is 11.5 Å². The van der Waals surface area contributed by atoms with Gasteiger partial charge in [0.2, 0.25) is 11.9 Å². The van der Waals surface area contributed by atoms with Gasteiger partial charge in [0.05, 0.1) is 18.8 Å². The van der Waals surface area contributed by atoms with Crippen molar-refractivity contribution >= 4 is 23.7 Å². The van der Waals surface area contributed by atoms with E-state index in [1.54, 1.807) is 23.9 Å². The molecule has 0 aliphatic carbocycles. The van der Waals surface area contributed by atoms with Crippen LogP contribution in [0.3, 0.4) is 0 Å². The number of likely N-dealkylation sites (N-methyl/N-ethyl adjacent to an activating group) is 1. The Balaban J connectivity index is 1.77. The number of nitrogens with zero attached hydrogens (tertiary/aromatic N) is 6. The van der Waals surface area contributed by atoms with Crippen LogP contribution in [0, 0.1) is 26.6 Å². The molecule has 2 aromatic rings. The largest absolute Gasteiger partial charge is 0.421 e. The molecule has 162 valence electrons. The van der Waals surface area contributed by atoms with Crippen molar-refractivity contribution in [2.24, 2.45) is 4.99 Å². The predicted octanol–water partition coefficient (Wildman–Crippen LogP) is 2.45. The van der Waals surface area contributed by atoms with Gasteiger partial charge in [-0.25, -0.2) is 13.8 Å². The highest BCUT2D eigenvalue weighted by Gasteiger charge is 2.53. The summed E-state index contributed by atoms with van der Waals surface area (Å²) in [6, 6.07) is 4.64. The lowest BCUT2D eigenvalue weighted by atomic mass is 10.1. The van der Waals surface area contributed by atoms with Crippen molar-refractivity contribution in [3.63, 3.8) is 0 Å². The van der Waals surface area contributed by atoms with E-state index >= 15 is 0 Å². The van der Waals surface area contributed by atoms with Gasteiger partial charge in [0.15, 0.2) is 0 Å². The van der Waals surface area contributed by atoms with E-state index in [0.717, 1.165) is 23.4 Å². The molecule has 1 aromatic carbocycles. The van der Waals surface area contributed by atoms with Crippen LogP contribution < -0.4 is 0 Å². The summed E-state index contributed by atoms with van der Waals surface area (Å²) < 4.78 is 16.9. The van der Waals surface area contributed by atoms with Gasteiger partial charge in [-0.15, -0.1) is 9.78 Å². The Hall–Kier alpha value is -3.36. The van der Waals surface area contributed by atoms with Gasteiger partial charge in [-0.2, -0.15) is 0 Å². The number of fused-ring (bicyclic) bond motifs is 1. The summed E-state index contributed by atoms with van der Waals surface area (Å²) in [7, 11) is 1.62. The molecule has 3 amide bonds. The average molecular weight is 425 g/mol. The number of halogens is 1. The Morgan fingerprint density at radius 1 is 1.13 bits per heavy atom. The topological polar surface area (TPSA) is 73.8 Å². The van der Waals surface area contributed by atoms with Crippen LogP contribution in [0.25, 0.3) is 0 Å². The van der Waals surface area contributed by atoms with Gasteiger partial charge in [0, 0.05) is 12.6 Å². The third kappa shape index (κ3) is 3.34. The third-order valence-corrected chi connectivity index (χ3v) is 5.95. The number of amidine groups is 1. The Kier molecular flexibility index (Phi) is 5.20. The average Bonchev–Trinajstić information content (AvgIpc) is 3.24. The van der Waals surface area contributed by atoms with E-state index in [4.69, 9.17) is 4.99 Å². The minimum Gasteiger partial charge on any atom is -0.270 e. The summed E-state index contributed by atoms with van der Waals surface area (Å²) in [5.41, 5.74) is 3.58. The Labute approximate surface area is 180 Å². The van der Waals surface area contributed by atoms with E-state index in [1.165, 1.54) is 21.9 Å². The molecule has 31 heavy (non-hydrogen) atoms. The lowest BCUT2D eigenvalue weighted by Gasteiger charge is -2.34. The third-order valence-electron chi connectivity index (χ3n) is 5.95. The van der Waals surface area contributed by atoms with E-state index in [2.05, 4.69) is 5.10 Å². The zero-order chi connectivity index (χ0) is 22.4. The van der Waals surface area contributed by atoms with Gasteiger partial charge in [0.25, 0.3) is 5.91 Å². The maximum absolute atomic E-state index is 13.5. The first kappa shape index (κ1) is 20.9. The highest BCUT2D eigenvalue weighted by atomic mass is 19.1. The molecule has 1 saturated heterocycles. The lowest BCUT2D eigenvalue weighted by Crippen LogP contribution is -2.62. The molecule has 3 heterocycles. The van der Waals surface area contributed by atoms with Crippen LogP contribution in [0.4, 0.5) is 9.18 Å². The Bertz CT molecular complexity index is 1130. The predicted molar refractivity (Wildman–Crippen MR) is 114 cm³/mol. The van der Waals surface area contributed by atoms with E-state index < -0.39 is 12.1 Å². The van der Waals surface area contributed by atoms with Crippen LogP contribution in [0.5, 0.6) is 0 Å². The second-order valence-electron chi connectivity index (χ2n) is 7.97. The lowest BCUT2D eigenvalue weighted by molar-refractivity contribution is -0.537. The summed E-state index contributed by atoms with van der Waals surface area (Å²) in [5, 5.41) is 4.61. The SMILES string of the molecule is CCC[N+]1=C(n2nc(C)c(C)c2C)N=C2C1C(=O)N(Cc1ccc(F)cc1)C(=O)N2C. The summed E-state index contributed by atoms with van der Waals surface area (Å²) in [6.45, 7) is 8.58. The molecule has 4 rings (SSSR count). The summed E-state index contributed by atoms with van der Waals surface area (Å²) in [4.78, 5) is 33.8. The standard InChI is InChI=1S/C22H26FN6O2/c1-6-11-27-18-19(24-21(27)29-15(4)13(2)14(3)25-29)26(5)22(31)28(20(18)30)12-16-7-9-17(23)10-8-16/h7-10,18H,6,11-12H2,1-5H3/q+1. The summed E-state index contributed by atoms with van der Waals surface area (Å²) in [5.74, 6) is 0.245. The molecule has 0 bridgehead atoms. The molecular formula is C22H26FN6O2+. The molecule has 2 aliphatic rings. The number of aromatic nitrogens is 2. The number of hydrogen-bond donors (Lipinski definition) is 0. The molecule has 9 heteroatoms. The molecule has 0 spiro atoms. The molecule has 8 nitrogen and oxygen atoms in total. The molecule has 1 fully saturated rings. The van der Waals surface area contributed by atoms with Crippen LogP contribution in [-0.4, -0.2) is 67.5 Å². The molecule has 0 radical (unpaired) electrons. The van der Waals surface area contributed by atoms with Gasteiger partial charge >= 0.3 is 12.0 Å². The van der Waals surface area contributed by atoms with Gasteiger partial charge in [-0.3, -0.25) is 14.6 Å². The maximum Gasteiger partial charge on any atom is 0.421 e. The molecular weight excluding hydrogens is 399 g/mol. The number of imide groups is 1. The number of carbonyl (C=O) groups excluding carboxylic acids is 2. The number of urea groups is 1. The number of carbonyl (C=O) groups is 2. The van der Waals surface area contributed by atoms with Gasteiger partial charge in [-0.05, 0) is 44.9 Å². The van der Waals surface area contributed by atoms with Crippen LogP contribution in [-0.2, 0) is 11.3 Å². The number of amides is 3. The highest BCUT2D eigenvalue weighted by molar-refractivity contribution is 6.22. The molecule has 1 aromatic heterocycles. The molecule has 0 saturated carbocycles. The Morgan fingerprint density at radius 3 is 2.39 bits per heavy atom. The van der Waals surface area contributed by atoms with Gasteiger partial charge < -0.3 is 0 Å². The smallest absolute Gasteiger partial charge is 0.270 e. The Morgan fingerprint density at radius 2 is 1.81 bits per heavy atom. The quantitative estimate of drug-likeness (QED) is 0.707. The number of hydrogen-bond acceptors (Lipinski definition) is 4. The molecule has 0 N–H and O–H groups in total. The molecule has 1 atom stereocenters. The van der Waals surface area contributed by atoms with Gasteiger partial charge in [-0.1, -0.05) is 24.0 Å². The maximum atomic E-state index is 13.5. The van der Waals surface area contributed by atoms with Crippen molar-refractivity contribution in [3.8, 4) is 0 Å². The van der Waals surface area contributed by atoms with Crippen molar-refractivity contribution in [2.75, 3.05) is 13.6 Å². The van der Waals surface area contributed by atoms with E-state index in [0.29, 0.717) is 23.9 Å². The normalized spacial score (nSPS) is 18.8. The van der Waals surface area contributed by atoms with Crippen molar-refractivity contribution in [1.29, 1.82) is 0 Å². The van der Waals surface area contributed by atoms with Crippen molar-refractivity contribution < 1.29 is 18.6 Å². The van der Waals surface area contributed by atoms with E-state index in [1.807, 2.05) is 32.3 Å². The molecule has 2 aliphatic heterocycles. The van der Waals surface area contributed by atoms with E-state index in [9.17, 15) is 14.0 Å². The van der Waals surface area contributed by atoms with Crippen molar-refractivity contribution in [2.45, 2.75) is 46.7 Å². The zero-order valence-electron chi connectivity index (χ0n) is 18.4. The minimum atomic E-state index is -0.706. The number of rotatable bonds is 4. The minimum absolute atomic E-state index is 0.0698. The second-order valence-corrected chi connectivity index (χ2v) is 7.97. The summed E-state index contributed by atoms with van der Waals surface area (Å²) in [6.07, 6.45) is 0.796. The highest BCUT2D eigenvalue weighted by Crippen LogP contribution is 2.23. The zero-order valence-corrected chi connectivity index (χ0v) is 18.4. The number of aryl methyl sites for hydroxylation is 1.